The Balaban J connectivity index is 0.911. The van der Waals surface area contributed by atoms with Crippen molar-refractivity contribution in [3.63, 3.8) is 0 Å². The molecule has 8 rings (SSSR count). The number of benzene rings is 5. The van der Waals surface area contributed by atoms with Crippen molar-refractivity contribution in [2.45, 2.75) is 35.6 Å². The number of aromatic nitrogens is 1. The minimum Gasteiger partial charge on any atom is -0.376 e. The third-order valence-electron chi connectivity index (χ3n) is 14.0. The van der Waals surface area contributed by atoms with Gasteiger partial charge in [-0.3, -0.25) is 19.7 Å². The monoisotopic (exact) mass is 1070 g/mol. The Morgan fingerprint density at radius 2 is 1.47 bits per heavy atom. The summed E-state index contributed by atoms with van der Waals surface area (Å²) in [5, 5.41) is 19.5. The Morgan fingerprint density at radius 3 is 2.13 bits per heavy atom. The van der Waals surface area contributed by atoms with E-state index in [0.717, 1.165) is 96.1 Å². The Morgan fingerprint density at radius 1 is 0.787 bits per heavy atom. The van der Waals surface area contributed by atoms with Crippen molar-refractivity contribution < 1.29 is 22.9 Å². The number of amides is 2. The summed E-state index contributed by atoms with van der Waals surface area (Å²) in [6, 6.07) is 36.2. The predicted octanol–water partition coefficient (Wildman–Crippen LogP) is 8.57. The van der Waals surface area contributed by atoms with Crippen LogP contribution in [-0.2, 0) is 17.1 Å². The Bertz CT molecular complexity index is 3050. The fraction of sp³-hybridized carbons (Fsp3) is 0.357. The van der Waals surface area contributed by atoms with Gasteiger partial charge in [0.05, 0.1) is 21.1 Å². The van der Waals surface area contributed by atoms with Crippen LogP contribution in [0.15, 0.2) is 131 Å². The first-order chi connectivity index (χ1) is 36.0. The lowest BCUT2D eigenvalue weighted by molar-refractivity contribution is -0.384. The molecule has 0 saturated carbocycles. The Hall–Kier alpha value is -6.41. The van der Waals surface area contributed by atoms with E-state index in [4.69, 9.17) is 11.6 Å². The summed E-state index contributed by atoms with van der Waals surface area (Å²) in [5.41, 5.74) is 7.02. The van der Waals surface area contributed by atoms with Gasteiger partial charge in [0.25, 0.3) is 27.5 Å². The van der Waals surface area contributed by atoms with Crippen molar-refractivity contribution in [2.75, 3.05) is 114 Å². The highest BCUT2D eigenvalue weighted by Gasteiger charge is 2.29. The number of nitro groups is 1. The van der Waals surface area contributed by atoms with E-state index in [1.165, 1.54) is 12.1 Å². The van der Waals surface area contributed by atoms with E-state index in [1.807, 2.05) is 93.6 Å². The molecule has 0 bridgehead atoms. The molecule has 0 spiro atoms. The van der Waals surface area contributed by atoms with Crippen LogP contribution in [0.5, 0.6) is 0 Å². The lowest BCUT2D eigenvalue weighted by Gasteiger charge is -2.37. The molecule has 2 amide bonds. The highest BCUT2D eigenvalue weighted by Crippen LogP contribution is 2.41. The standard InChI is InChI=1S/C56H67ClN10O6S2/c1-40-52(56(69)58-26-10-27-64-31-29-62(4)30-32-64)53(54(63(40)5)41-15-19-44(57)20-16-41)43-11-9-12-47(37-43)66-35-33-65(34-36-66)46-21-17-42(18-22-46)55(68)60-75(72,73)49-23-24-50(51(38-49)67(70)71)59-45(25-28-61(2)3)39-74-48-13-7-6-8-14-48/h6-9,11-24,37-38,45,59H,10,25-36,39H2,1-5H3,(H,58,69)(H,60,68)/t45-/m1/s1. The van der Waals surface area contributed by atoms with Crippen LogP contribution in [0.1, 0.15) is 39.3 Å². The zero-order valence-electron chi connectivity index (χ0n) is 43.3. The third-order valence-corrected chi connectivity index (χ3v) is 16.8. The van der Waals surface area contributed by atoms with E-state index in [1.54, 1.807) is 36.0 Å². The van der Waals surface area contributed by atoms with Gasteiger partial charge in [0.2, 0.25) is 0 Å². The van der Waals surface area contributed by atoms with Gasteiger partial charge in [-0.15, -0.1) is 11.8 Å². The molecule has 19 heteroatoms. The molecule has 3 heterocycles. The lowest BCUT2D eigenvalue weighted by Crippen LogP contribution is -2.46. The second-order valence-corrected chi connectivity index (χ2v) is 22.7. The number of hydrogen-bond acceptors (Lipinski definition) is 13. The van der Waals surface area contributed by atoms with Crippen molar-refractivity contribution in [1.29, 1.82) is 0 Å². The highest BCUT2D eigenvalue weighted by molar-refractivity contribution is 7.99. The van der Waals surface area contributed by atoms with Crippen molar-refractivity contribution in [2.24, 2.45) is 7.05 Å². The number of nitrogens with one attached hydrogen (secondary N) is 3. The van der Waals surface area contributed by atoms with Crippen LogP contribution in [0.25, 0.3) is 22.4 Å². The molecule has 396 valence electrons. The van der Waals surface area contributed by atoms with Crippen LogP contribution >= 0.6 is 23.4 Å². The number of anilines is 3. The van der Waals surface area contributed by atoms with Gasteiger partial charge in [-0.2, -0.15) is 0 Å². The first-order valence-electron chi connectivity index (χ1n) is 25.3. The summed E-state index contributed by atoms with van der Waals surface area (Å²) >= 11 is 7.97. The number of nitrogens with zero attached hydrogens (tertiary/aromatic N) is 7. The molecule has 2 aliphatic heterocycles. The average molecular weight is 1080 g/mol. The molecular formula is C56H67ClN10O6S2. The van der Waals surface area contributed by atoms with Gasteiger partial charge in [0, 0.05) is 122 Å². The van der Waals surface area contributed by atoms with E-state index in [2.05, 4.69) is 64.8 Å². The molecule has 16 nitrogen and oxygen atoms in total. The van der Waals surface area contributed by atoms with Crippen LogP contribution in [0.3, 0.4) is 0 Å². The van der Waals surface area contributed by atoms with Gasteiger partial charge in [-0.25, -0.2) is 13.1 Å². The van der Waals surface area contributed by atoms with Gasteiger partial charge in [0.1, 0.15) is 5.69 Å². The second-order valence-electron chi connectivity index (χ2n) is 19.5. The quantitative estimate of drug-likeness (QED) is 0.0272. The molecule has 1 atom stereocenters. The predicted molar refractivity (Wildman–Crippen MR) is 303 cm³/mol. The van der Waals surface area contributed by atoms with Crippen LogP contribution < -0.4 is 25.2 Å². The number of sulfonamides is 1. The Labute approximate surface area is 450 Å². The number of hydrogen-bond donors (Lipinski definition) is 3. The van der Waals surface area contributed by atoms with Gasteiger partial charge in [-0.05, 0) is 138 Å². The van der Waals surface area contributed by atoms with Crippen LogP contribution in [-0.4, -0.2) is 149 Å². The normalized spacial score (nSPS) is 15.0. The van der Waals surface area contributed by atoms with Gasteiger partial charge >= 0.3 is 0 Å². The first kappa shape index (κ1) is 54.8. The first-order valence-corrected chi connectivity index (χ1v) is 28.2. The van der Waals surface area contributed by atoms with E-state index in [-0.39, 0.29) is 23.2 Å². The van der Waals surface area contributed by atoms with Crippen molar-refractivity contribution in [3.05, 3.63) is 153 Å². The number of thioether (sulfide) groups is 1. The van der Waals surface area contributed by atoms with Crippen LogP contribution in [0.4, 0.5) is 22.7 Å². The number of likely N-dealkylation sites (N-methyl/N-ethyl adjacent to an activating group) is 1. The number of rotatable bonds is 21. The average Bonchev–Trinajstić information content (AvgIpc) is 3.68. The molecule has 0 unspecified atom stereocenters. The molecule has 75 heavy (non-hydrogen) atoms. The molecule has 5 aromatic carbocycles. The molecular weight excluding hydrogens is 1010 g/mol. The largest absolute Gasteiger partial charge is 0.376 e. The van der Waals surface area contributed by atoms with Crippen molar-refractivity contribution >= 4 is 68.0 Å². The molecule has 2 aliphatic rings. The van der Waals surface area contributed by atoms with Gasteiger partial charge in [0.15, 0.2) is 0 Å². The summed E-state index contributed by atoms with van der Waals surface area (Å²) < 4.78 is 31.3. The van der Waals surface area contributed by atoms with E-state index in [0.29, 0.717) is 55.5 Å². The molecule has 3 N–H and O–H groups in total. The van der Waals surface area contributed by atoms with Crippen LogP contribution in [0.2, 0.25) is 5.02 Å². The second kappa shape index (κ2) is 25.0. The maximum atomic E-state index is 14.2. The molecule has 6 aromatic rings. The van der Waals surface area contributed by atoms with E-state index < -0.39 is 31.4 Å². The summed E-state index contributed by atoms with van der Waals surface area (Å²) in [5.74, 6) is -0.327. The maximum Gasteiger partial charge on any atom is 0.293 e. The maximum absolute atomic E-state index is 14.2. The number of nitro benzene ring substituents is 1. The number of halogens is 1. The lowest BCUT2D eigenvalue weighted by atomic mass is 9.95. The SMILES string of the molecule is Cc1c(C(=O)NCCCN2CCN(C)CC2)c(-c2cccc(N3CCN(c4ccc(C(=O)NS(=O)(=O)c5ccc(N[C@H](CCN(C)C)CSc6ccccc6)c([N+](=O)[O-])c5)cc4)CC3)c2)c(-c2ccc(Cl)cc2)n1C. The topological polar surface area (TPSA) is 169 Å². The molecule has 1 aromatic heterocycles. The summed E-state index contributed by atoms with van der Waals surface area (Å²) in [6.45, 7) is 11.2. The summed E-state index contributed by atoms with van der Waals surface area (Å²) in [7, 11) is 3.58. The van der Waals surface area contributed by atoms with E-state index >= 15 is 0 Å². The minimum absolute atomic E-state index is 0.0975. The number of carbonyl (C=O) groups excluding carboxylic acids is 2. The van der Waals surface area contributed by atoms with Crippen LogP contribution in [0, 0.1) is 17.0 Å². The smallest absolute Gasteiger partial charge is 0.293 e. The fourth-order valence-corrected chi connectivity index (χ4v) is 11.7. The summed E-state index contributed by atoms with van der Waals surface area (Å²) in [4.78, 5) is 51.4. The molecule has 0 radical (unpaired) electrons. The molecule has 2 fully saturated rings. The minimum atomic E-state index is -4.48. The number of piperazine rings is 2. The van der Waals surface area contributed by atoms with Gasteiger partial charge in [-0.1, -0.05) is 54.1 Å². The van der Waals surface area contributed by atoms with Crippen molar-refractivity contribution in [1.82, 2.24) is 29.3 Å². The molecule has 2 saturated heterocycles. The summed E-state index contributed by atoms with van der Waals surface area (Å²) in [6.07, 6.45) is 1.55. The molecule has 0 aliphatic carbocycles. The Kier molecular flexibility index (Phi) is 18.2. The van der Waals surface area contributed by atoms with Crippen molar-refractivity contribution in [3.8, 4) is 22.4 Å². The third kappa shape index (κ3) is 13.9. The zero-order chi connectivity index (χ0) is 53.2. The zero-order valence-corrected chi connectivity index (χ0v) is 45.7. The fourth-order valence-electron chi connectivity index (χ4n) is 9.61. The highest BCUT2D eigenvalue weighted by atomic mass is 35.5. The van der Waals surface area contributed by atoms with Gasteiger partial charge < -0.3 is 39.7 Å². The van der Waals surface area contributed by atoms with E-state index in [9.17, 15) is 28.1 Å². The number of carbonyl (C=O) groups is 2.